The largest absolute Gasteiger partial charge is 0.430 e. The second-order valence-electron chi connectivity index (χ2n) is 6.35. The number of nitrogens with two attached hydrogens (primary N) is 1. The van der Waals surface area contributed by atoms with Crippen molar-refractivity contribution in [1.29, 1.82) is 0 Å². The van der Waals surface area contributed by atoms with Crippen molar-refractivity contribution in [3.05, 3.63) is 89.4 Å². The number of nitrogens with one attached hydrogen (secondary N) is 1. The minimum Gasteiger partial charge on any atom is -0.395 e. The third-order valence-corrected chi connectivity index (χ3v) is 4.42. The summed E-state index contributed by atoms with van der Waals surface area (Å²) in [7, 11) is 0. The average Bonchev–Trinajstić information content (AvgIpc) is 3.27. The van der Waals surface area contributed by atoms with E-state index in [0.717, 1.165) is 11.3 Å². The van der Waals surface area contributed by atoms with Crippen LogP contribution in [0.2, 0.25) is 5.02 Å². The minimum absolute atomic E-state index is 0.0690. The molecule has 160 valence electrons. The lowest BCUT2D eigenvalue weighted by molar-refractivity contribution is -0.114. The molecule has 0 unspecified atom stereocenters. The molecule has 3 aromatic rings. The van der Waals surface area contributed by atoms with Gasteiger partial charge < -0.3 is 11.1 Å². The van der Waals surface area contributed by atoms with Gasteiger partial charge in [-0.2, -0.15) is 18.3 Å². The second-order valence-corrected chi connectivity index (χ2v) is 6.75. The maximum Gasteiger partial charge on any atom is 0.430 e. The Hall–Kier alpha value is -3.59. The molecule has 0 bridgehead atoms. The molecule has 0 aliphatic carbocycles. The SMILES string of the molecule is NC(=CC(=Nc1ccccc1Cl)C(=O)NCc1ccc(-n2cccn2)cc1)C(F)(F)F. The van der Waals surface area contributed by atoms with Crippen molar-refractivity contribution in [2.45, 2.75) is 12.7 Å². The first-order valence-corrected chi connectivity index (χ1v) is 9.36. The van der Waals surface area contributed by atoms with Crippen molar-refractivity contribution in [2.24, 2.45) is 10.7 Å². The van der Waals surface area contributed by atoms with E-state index < -0.39 is 23.5 Å². The number of nitrogens with zero attached hydrogens (tertiary/aromatic N) is 3. The number of alkyl halides is 3. The standard InChI is InChI=1S/C21H17ClF3N5O/c22-16-4-1-2-5-17(16)29-18(12-19(26)21(23,24)25)20(31)27-13-14-6-8-15(9-7-14)30-11-3-10-28-30/h1-12H,13,26H2,(H,27,31). The van der Waals surface area contributed by atoms with E-state index in [1.807, 2.05) is 0 Å². The molecule has 0 aliphatic rings. The molecule has 1 heterocycles. The van der Waals surface area contributed by atoms with Crippen LogP contribution in [-0.2, 0) is 11.3 Å². The number of carbonyl (C=O) groups excluding carboxylic acids is 1. The highest BCUT2D eigenvalue weighted by Crippen LogP contribution is 2.25. The third-order valence-electron chi connectivity index (χ3n) is 4.10. The summed E-state index contributed by atoms with van der Waals surface area (Å²) >= 11 is 6.01. The molecule has 2 aromatic carbocycles. The van der Waals surface area contributed by atoms with Gasteiger partial charge in [-0.05, 0) is 42.0 Å². The number of rotatable bonds is 6. The van der Waals surface area contributed by atoms with E-state index in [0.29, 0.717) is 6.08 Å². The highest BCUT2D eigenvalue weighted by molar-refractivity contribution is 6.44. The maximum atomic E-state index is 12.9. The molecule has 3 rings (SSSR count). The summed E-state index contributed by atoms with van der Waals surface area (Å²) in [5.74, 6) is -0.830. The quantitative estimate of drug-likeness (QED) is 0.552. The second kappa shape index (κ2) is 9.48. The van der Waals surface area contributed by atoms with Crippen molar-refractivity contribution >= 4 is 28.9 Å². The Labute approximate surface area is 180 Å². The van der Waals surface area contributed by atoms with Crippen molar-refractivity contribution in [3.63, 3.8) is 0 Å². The molecular weight excluding hydrogens is 431 g/mol. The molecule has 0 radical (unpaired) electrons. The number of aliphatic imine (C=N–C) groups is 1. The topological polar surface area (TPSA) is 85.3 Å². The Morgan fingerprint density at radius 3 is 2.48 bits per heavy atom. The number of benzene rings is 2. The molecule has 0 spiro atoms. The van der Waals surface area contributed by atoms with E-state index in [4.69, 9.17) is 17.3 Å². The fourth-order valence-electron chi connectivity index (χ4n) is 2.51. The van der Waals surface area contributed by atoms with Gasteiger partial charge in [0.1, 0.15) is 11.4 Å². The number of para-hydroxylation sites is 1. The van der Waals surface area contributed by atoms with Crippen LogP contribution in [0.25, 0.3) is 5.69 Å². The van der Waals surface area contributed by atoms with E-state index in [2.05, 4.69) is 15.4 Å². The zero-order valence-electron chi connectivity index (χ0n) is 16.0. The van der Waals surface area contributed by atoms with E-state index in [1.54, 1.807) is 59.5 Å². The molecule has 0 fully saturated rings. The Morgan fingerprint density at radius 1 is 1.16 bits per heavy atom. The third kappa shape index (κ3) is 5.95. The molecule has 0 saturated heterocycles. The van der Waals surface area contributed by atoms with Gasteiger partial charge in [0, 0.05) is 18.9 Å². The summed E-state index contributed by atoms with van der Waals surface area (Å²) in [5.41, 5.74) is 4.82. The summed E-state index contributed by atoms with van der Waals surface area (Å²) in [4.78, 5) is 16.6. The lowest BCUT2D eigenvalue weighted by Gasteiger charge is -2.10. The van der Waals surface area contributed by atoms with E-state index in [9.17, 15) is 18.0 Å². The van der Waals surface area contributed by atoms with E-state index in [1.165, 1.54) is 12.1 Å². The zero-order chi connectivity index (χ0) is 22.4. The first-order valence-electron chi connectivity index (χ1n) is 8.99. The normalized spacial score (nSPS) is 12.6. The number of aromatic nitrogens is 2. The molecule has 6 nitrogen and oxygen atoms in total. The number of hydrogen-bond donors (Lipinski definition) is 2. The Morgan fingerprint density at radius 2 is 1.87 bits per heavy atom. The van der Waals surface area contributed by atoms with Crippen LogP contribution in [0.15, 0.2) is 83.8 Å². The first kappa shape index (κ1) is 22.1. The van der Waals surface area contributed by atoms with Gasteiger partial charge in [-0.3, -0.25) is 4.79 Å². The maximum absolute atomic E-state index is 12.9. The predicted octanol–water partition coefficient (Wildman–Crippen LogP) is 4.32. The highest BCUT2D eigenvalue weighted by Gasteiger charge is 2.32. The summed E-state index contributed by atoms with van der Waals surface area (Å²) < 4.78 is 40.3. The Kier molecular flexibility index (Phi) is 6.76. The summed E-state index contributed by atoms with van der Waals surface area (Å²) in [6, 6.07) is 15.1. The van der Waals surface area contributed by atoms with Crippen LogP contribution in [0.3, 0.4) is 0 Å². The lowest BCUT2D eigenvalue weighted by atomic mass is 10.2. The molecule has 1 amide bonds. The van der Waals surface area contributed by atoms with Crippen LogP contribution in [0, 0.1) is 0 Å². The average molecular weight is 448 g/mol. The smallest absolute Gasteiger partial charge is 0.395 e. The summed E-state index contributed by atoms with van der Waals surface area (Å²) in [5, 5.41) is 6.85. The first-order chi connectivity index (χ1) is 14.7. The van der Waals surface area contributed by atoms with Gasteiger partial charge in [-0.25, -0.2) is 9.67 Å². The molecule has 3 N–H and O–H groups in total. The van der Waals surface area contributed by atoms with Crippen LogP contribution in [0.5, 0.6) is 0 Å². The minimum atomic E-state index is -4.80. The fourth-order valence-corrected chi connectivity index (χ4v) is 2.69. The fraction of sp³-hybridized carbons (Fsp3) is 0.0952. The van der Waals surface area contributed by atoms with Gasteiger partial charge in [0.25, 0.3) is 5.91 Å². The van der Waals surface area contributed by atoms with Crippen molar-refractivity contribution in [3.8, 4) is 5.69 Å². The van der Waals surface area contributed by atoms with Gasteiger partial charge in [0.05, 0.1) is 16.4 Å². The van der Waals surface area contributed by atoms with Crippen molar-refractivity contribution < 1.29 is 18.0 Å². The lowest BCUT2D eigenvalue weighted by Crippen LogP contribution is -2.31. The van der Waals surface area contributed by atoms with Crippen LogP contribution in [-0.4, -0.2) is 27.6 Å². The number of halogens is 4. The molecule has 0 saturated carbocycles. The molecule has 1 aromatic heterocycles. The van der Waals surface area contributed by atoms with Gasteiger partial charge in [0.2, 0.25) is 0 Å². The van der Waals surface area contributed by atoms with Gasteiger partial charge in [0.15, 0.2) is 0 Å². The number of carbonyl (C=O) groups is 1. The molecular formula is C21H17ClF3N5O. The molecule has 10 heteroatoms. The Bertz CT molecular complexity index is 1110. The zero-order valence-corrected chi connectivity index (χ0v) is 16.7. The van der Waals surface area contributed by atoms with Crippen LogP contribution in [0.1, 0.15) is 5.56 Å². The number of hydrogen-bond acceptors (Lipinski definition) is 4. The van der Waals surface area contributed by atoms with Crippen LogP contribution < -0.4 is 11.1 Å². The highest BCUT2D eigenvalue weighted by atomic mass is 35.5. The molecule has 0 atom stereocenters. The van der Waals surface area contributed by atoms with Crippen molar-refractivity contribution in [2.75, 3.05) is 0 Å². The summed E-state index contributed by atoms with van der Waals surface area (Å²) in [6.45, 7) is 0.0690. The predicted molar refractivity (Wildman–Crippen MR) is 112 cm³/mol. The Balaban J connectivity index is 1.79. The number of amides is 1. The van der Waals surface area contributed by atoms with Crippen LogP contribution in [0.4, 0.5) is 18.9 Å². The van der Waals surface area contributed by atoms with Crippen LogP contribution >= 0.6 is 11.6 Å². The van der Waals surface area contributed by atoms with Gasteiger partial charge in [-0.15, -0.1) is 0 Å². The van der Waals surface area contributed by atoms with Gasteiger partial charge in [-0.1, -0.05) is 35.9 Å². The monoisotopic (exact) mass is 447 g/mol. The van der Waals surface area contributed by atoms with E-state index >= 15 is 0 Å². The van der Waals surface area contributed by atoms with E-state index in [-0.39, 0.29) is 17.3 Å². The number of allylic oxidation sites excluding steroid dienone is 1. The summed E-state index contributed by atoms with van der Waals surface area (Å²) in [6.07, 6.45) is -0.886. The molecule has 31 heavy (non-hydrogen) atoms. The van der Waals surface area contributed by atoms with Gasteiger partial charge >= 0.3 is 6.18 Å². The molecule has 0 aliphatic heterocycles. The van der Waals surface area contributed by atoms with Crippen molar-refractivity contribution in [1.82, 2.24) is 15.1 Å².